The van der Waals surface area contributed by atoms with Gasteiger partial charge in [-0.05, 0) is 23.6 Å². The molecule has 23 heavy (non-hydrogen) atoms. The molecule has 0 saturated heterocycles. The van der Waals surface area contributed by atoms with E-state index in [0.717, 1.165) is 0 Å². The van der Waals surface area contributed by atoms with Crippen LogP contribution in [-0.4, -0.2) is 23.0 Å². The number of benzene rings is 1. The van der Waals surface area contributed by atoms with Gasteiger partial charge < -0.3 is 15.7 Å². The Kier molecular flexibility index (Phi) is 6.74. The smallest absolute Gasteiger partial charge is 0.326 e. The largest absolute Gasteiger partial charge is 0.480 e. The highest BCUT2D eigenvalue weighted by Gasteiger charge is 2.24. The van der Waals surface area contributed by atoms with Crippen LogP contribution in [0.2, 0.25) is 0 Å². The van der Waals surface area contributed by atoms with E-state index in [1.807, 2.05) is 0 Å². The first kappa shape index (κ1) is 18.2. The van der Waals surface area contributed by atoms with Crippen molar-refractivity contribution in [3.05, 3.63) is 47.4 Å². The van der Waals surface area contributed by atoms with Crippen molar-refractivity contribution in [2.45, 2.75) is 26.4 Å². The topological polar surface area (TPSA) is 102 Å². The Bertz CT molecular complexity index is 650. The molecule has 1 amide bonds. The maximum atomic E-state index is 13.0. The Morgan fingerprint density at radius 3 is 2.65 bits per heavy atom. The van der Waals surface area contributed by atoms with Crippen LogP contribution >= 0.6 is 0 Å². The van der Waals surface area contributed by atoms with Gasteiger partial charge in [-0.2, -0.15) is 5.26 Å². The van der Waals surface area contributed by atoms with E-state index in [1.54, 1.807) is 32.0 Å². The number of nitriles is 1. The average Bonchev–Trinajstić information content (AvgIpc) is 2.48. The summed E-state index contributed by atoms with van der Waals surface area (Å²) in [6.45, 7) is 3.52. The zero-order chi connectivity index (χ0) is 17.4. The van der Waals surface area contributed by atoms with Gasteiger partial charge in [0.2, 0.25) is 0 Å². The van der Waals surface area contributed by atoms with Gasteiger partial charge in [0, 0.05) is 12.7 Å². The molecule has 0 aromatic heterocycles. The second-order valence-corrected chi connectivity index (χ2v) is 5.21. The third-order valence-electron chi connectivity index (χ3n) is 3.03. The van der Waals surface area contributed by atoms with Crippen molar-refractivity contribution in [2.75, 3.05) is 0 Å². The molecule has 0 bridgehead atoms. The van der Waals surface area contributed by atoms with Gasteiger partial charge in [-0.15, -0.1) is 0 Å². The number of carboxylic acid groups (broad SMARTS) is 1. The third kappa shape index (κ3) is 5.79. The predicted octanol–water partition coefficient (Wildman–Crippen LogP) is 1.55. The highest BCUT2D eigenvalue weighted by molar-refractivity contribution is 5.99. The maximum absolute atomic E-state index is 13.0. The fourth-order valence-electron chi connectivity index (χ4n) is 1.80. The van der Waals surface area contributed by atoms with E-state index < -0.39 is 17.9 Å². The van der Waals surface area contributed by atoms with Crippen LogP contribution in [0.1, 0.15) is 19.4 Å². The molecule has 0 heterocycles. The van der Waals surface area contributed by atoms with Gasteiger partial charge in [-0.1, -0.05) is 26.0 Å². The summed E-state index contributed by atoms with van der Waals surface area (Å²) in [5, 5.41) is 23.1. The fraction of sp³-hybridized carbons (Fsp3) is 0.312. The first-order valence-electron chi connectivity index (χ1n) is 6.97. The summed E-state index contributed by atoms with van der Waals surface area (Å²) in [5.74, 6) is -2.65. The molecule has 122 valence electrons. The van der Waals surface area contributed by atoms with E-state index in [1.165, 1.54) is 18.3 Å². The Labute approximate surface area is 133 Å². The third-order valence-corrected chi connectivity index (χ3v) is 3.03. The second-order valence-electron chi connectivity index (χ2n) is 5.21. The maximum Gasteiger partial charge on any atom is 0.326 e. The van der Waals surface area contributed by atoms with Gasteiger partial charge in [0.05, 0.1) is 0 Å². The van der Waals surface area contributed by atoms with Crippen LogP contribution in [0.5, 0.6) is 0 Å². The summed E-state index contributed by atoms with van der Waals surface area (Å²) in [6, 6.07) is 6.50. The molecule has 1 unspecified atom stereocenters. The number of carbonyl (C=O) groups excluding carboxylic acids is 1. The molecule has 6 nitrogen and oxygen atoms in total. The lowest BCUT2D eigenvalue weighted by molar-refractivity contribution is -0.142. The minimum absolute atomic E-state index is 0.225. The monoisotopic (exact) mass is 319 g/mol. The summed E-state index contributed by atoms with van der Waals surface area (Å²) < 4.78 is 13.0. The number of amides is 1. The van der Waals surface area contributed by atoms with E-state index in [2.05, 4.69) is 10.6 Å². The molecule has 7 heteroatoms. The van der Waals surface area contributed by atoms with Crippen LogP contribution in [0.4, 0.5) is 4.39 Å². The molecule has 0 aliphatic carbocycles. The van der Waals surface area contributed by atoms with E-state index in [9.17, 15) is 14.0 Å². The van der Waals surface area contributed by atoms with Gasteiger partial charge in [0.25, 0.3) is 5.91 Å². The quantitative estimate of drug-likeness (QED) is 0.523. The van der Waals surface area contributed by atoms with Gasteiger partial charge in [-0.3, -0.25) is 4.79 Å². The van der Waals surface area contributed by atoms with Crippen molar-refractivity contribution in [1.82, 2.24) is 10.6 Å². The van der Waals surface area contributed by atoms with Gasteiger partial charge in [-0.25, -0.2) is 9.18 Å². The lowest BCUT2D eigenvalue weighted by Gasteiger charge is -2.17. The highest BCUT2D eigenvalue weighted by atomic mass is 19.1. The second kappa shape index (κ2) is 8.54. The van der Waals surface area contributed by atoms with Crippen molar-refractivity contribution in [3.63, 3.8) is 0 Å². The van der Waals surface area contributed by atoms with Crippen LogP contribution in [0.25, 0.3) is 0 Å². The molecule has 0 saturated carbocycles. The number of halogens is 1. The molecule has 1 atom stereocenters. The Morgan fingerprint density at radius 1 is 1.43 bits per heavy atom. The minimum Gasteiger partial charge on any atom is -0.480 e. The summed E-state index contributed by atoms with van der Waals surface area (Å²) in [4.78, 5) is 23.0. The fourth-order valence-corrected chi connectivity index (χ4v) is 1.80. The van der Waals surface area contributed by atoms with Crippen LogP contribution in [0, 0.1) is 23.1 Å². The molecular formula is C16H18FN3O3. The molecule has 0 aliphatic rings. The molecule has 0 spiro atoms. The van der Waals surface area contributed by atoms with E-state index in [0.29, 0.717) is 5.56 Å². The van der Waals surface area contributed by atoms with E-state index in [-0.39, 0.29) is 23.9 Å². The number of nitrogens with zero attached hydrogens (tertiary/aromatic N) is 1. The van der Waals surface area contributed by atoms with Crippen molar-refractivity contribution in [3.8, 4) is 6.07 Å². The van der Waals surface area contributed by atoms with Crippen LogP contribution in [-0.2, 0) is 16.1 Å². The number of carbonyl (C=O) groups is 2. The highest BCUT2D eigenvalue weighted by Crippen LogP contribution is 2.05. The van der Waals surface area contributed by atoms with E-state index >= 15 is 0 Å². The molecule has 1 rings (SSSR count). The predicted molar refractivity (Wildman–Crippen MR) is 81.3 cm³/mol. The van der Waals surface area contributed by atoms with Gasteiger partial charge >= 0.3 is 5.97 Å². The lowest BCUT2D eigenvalue weighted by atomic mass is 10.0. The molecule has 1 aromatic rings. The number of nitrogens with one attached hydrogen (secondary N) is 2. The summed E-state index contributed by atoms with van der Waals surface area (Å²) >= 11 is 0. The van der Waals surface area contributed by atoms with Crippen LogP contribution in [0.3, 0.4) is 0 Å². The zero-order valence-electron chi connectivity index (χ0n) is 12.8. The Hall–Kier alpha value is -2.88. The normalized spacial score (nSPS) is 12.4. The van der Waals surface area contributed by atoms with Gasteiger partial charge in [0.15, 0.2) is 0 Å². The van der Waals surface area contributed by atoms with Crippen molar-refractivity contribution in [1.29, 1.82) is 5.26 Å². The SMILES string of the molecule is CC(C)C(NC(=O)/C(C#N)=C\NCc1cccc(F)c1)C(=O)O. The van der Waals surface area contributed by atoms with E-state index in [4.69, 9.17) is 10.4 Å². The van der Waals surface area contributed by atoms with Gasteiger partial charge in [0.1, 0.15) is 23.5 Å². The number of rotatable bonds is 7. The number of carboxylic acids is 1. The average molecular weight is 319 g/mol. The van der Waals surface area contributed by atoms with Crippen molar-refractivity contribution in [2.24, 2.45) is 5.92 Å². The standard InChI is InChI=1S/C16H18FN3O3/c1-10(2)14(16(22)23)20-15(21)12(7-18)9-19-8-11-4-3-5-13(17)6-11/h3-6,9-10,14,19H,8H2,1-2H3,(H,20,21)(H,22,23)/b12-9-. The van der Waals surface area contributed by atoms with Crippen molar-refractivity contribution < 1.29 is 19.1 Å². The first-order valence-corrected chi connectivity index (χ1v) is 6.97. The molecule has 0 radical (unpaired) electrons. The van der Waals surface area contributed by atoms with Crippen LogP contribution < -0.4 is 10.6 Å². The van der Waals surface area contributed by atoms with Crippen LogP contribution in [0.15, 0.2) is 36.0 Å². The molecule has 0 fully saturated rings. The molecule has 3 N–H and O–H groups in total. The Balaban J connectivity index is 2.69. The number of aliphatic carboxylic acids is 1. The first-order chi connectivity index (χ1) is 10.8. The molecule has 1 aromatic carbocycles. The Morgan fingerprint density at radius 2 is 2.13 bits per heavy atom. The van der Waals surface area contributed by atoms with Crippen molar-refractivity contribution >= 4 is 11.9 Å². The number of hydrogen-bond donors (Lipinski definition) is 3. The summed E-state index contributed by atoms with van der Waals surface area (Å²) in [7, 11) is 0. The minimum atomic E-state index is -1.17. The molecule has 0 aliphatic heterocycles. The molecular weight excluding hydrogens is 301 g/mol. The summed E-state index contributed by atoms with van der Waals surface area (Å²) in [5.41, 5.74) is 0.387. The lowest BCUT2D eigenvalue weighted by Crippen LogP contribution is -2.44. The summed E-state index contributed by atoms with van der Waals surface area (Å²) in [6.07, 6.45) is 1.18. The zero-order valence-corrected chi connectivity index (χ0v) is 12.8. The number of hydrogen-bond acceptors (Lipinski definition) is 4.